The number of nitrogens with zero attached hydrogens (tertiary/aromatic N) is 5. The molecule has 0 bridgehead atoms. The van der Waals surface area contributed by atoms with Crippen molar-refractivity contribution < 1.29 is 37.4 Å². The van der Waals surface area contributed by atoms with Crippen molar-refractivity contribution in [1.82, 2.24) is 35.0 Å². The highest BCUT2D eigenvalue weighted by molar-refractivity contribution is 7.57. The Morgan fingerprint density at radius 1 is 1.05 bits per heavy atom. The maximum Gasteiger partial charge on any atom is 0.355 e. The Hall–Kier alpha value is -4.66. The van der Waals surface area contributed by atoms with Crippen molar-refractivity contribution >= 4 is 52.6 Å². The van der Waals surface area contributed by atoms with E-state index >= 15 is 4.39 Å². The highest BCUT2D eigenvalue weighted by Crippen LogP contribution is 2.58. The molecule has 2 aromatic heterocycles. The molecular weight excluding hydrogens is 773 g/mol. The molecule has 14 nitrogen and oxygen atoms in total. The second-order valence-corrected chi connectivity index (χ2v) is 18.9. The third-order valence-electron chi connectivity index (χ3n) is 11.6. The molecule has 4 fully saturated rings. The van der Waals surface area contributed by atoms with Crippen LogP contribution in [0.4, 0.5) is 4.39 Å². The van der Waals surface area contributed by atoms with Gasteiger partial charge in [0.05, 0.1) is 17.4 Å². The lowest BCUT2D eigenvalue weighted by atomic mass is 9.97. The number of nitrogens with one attached hydrogen (secondary N) is 2. The molecular formula is C40H47FN7O7PS. The minimum atomic E-state index is -4.44. The first-order chi connectivity index (χ1) is 27.4. The number of aromatic nitrogens is 3. The molecule has 8 atom stereocenters. The fraction of sp³-hybridized carbons (Fsp3) is 0.500. The number of aryl methyl sites for hydroxylation is 1. The van der Waals surface area contributed by atoms with Crippen LogP contribution in [0.1, 0.15) is 85.3 Å². The number of ether oxygens (including phenoxy) is 1. The molecule has 1 aliphatic carbocycles. The average Bonchev–Trinajstić information content (AvgIpc) is 3.48. The molecule has 3 aliphatic heterocycles. The van der Waals surface area contributed by atoms with Crippen LogP contribution in [0.5, 0.6) is 5.75 Å². The number of alkyl halides is 1. The van der Waals surface area contributed by atoms with Crippen molar-refractivity contribution in [3.8, 4) is 5.75 Å². The summed E-state index contributed by atoms with van der Waals surface area (Å²) >= 11 is 1.20. The standard InChI is InChI=1S/C40H47FN7O7PS/c1-4-14-54-40(52)23(2)45-56(53,55-30-8-6-5-7-9-30)35(41)24-10-13-33-27(15-24)19-34(57-33)37(49)43-31-18-26-16-25(26)17-29-11-12-32(48(29)38(31)50)39(51)47-20-28(21-47)36-44-42-22-46(36)3/h5-10,13,15,19,22-23,25-26,28-29,31-32,35H,4,11-12,14,16-18,20-21H2,1-3H3,(H,43,49)(H,45,53)/t23-,25-,26+,29+,31-,32-,35?,56?/m0/s1. The van der Waals surface area contributed by atoms with Crippen LogP contribution >= 0.6 is 18.9 Å². The fourth-order valence-corrected chi connectivity index (χ4v) is 11.4. The van der Waals surface area contributed by atoms with E-state index in [0.717, 1.165) is 25.1 Å². The van der Waals surface area contributed by atoms with Gasteiger partial charge in [0, 0.05) is 30.9 Å². The number of rotatable bonds is 13. The zero-order valence-corrected chi connectivity index (χ0v) is 33.8. The summed E-state index contributed by atoms with van der Waals surface area (Å²) in [5.74, 6) is -1.70. The minimum absolute atomic E-state index is 0.0315. The van der Waals surface area contributed by atoms with Gasteiger partial charge >= 0.3 is 13.5 Å². The lowest BCUT2D eigenvalue weighted by Gasteiger charge is -2.42. The molecule has 2 aromatic carbocycles. The third kappa shape index (κ3) is 7.96. The van der Waals surface area contributed by atoms with Gasteiger partial charge in [-0.2, -0.15) is 0 Å². The second-order valence-electron chi connectivity index (χ2n) is 15.7. The molecule has 1 saturated carbocycles. The van der Waals surface area contributed by atoms with Gasteiger partial charge in [-0.05, 0) is 98.6 Å². The van der Waals surface area contributed by atoms with E-state index in [4.69, 9.17) is 9.26 Å². The van der Waals surface area contributed by atoms with Gasteiger partial charge in [0.25, 0.3) is 5.91 Å². The molecule has 4 aromatic rings. The van der Waals surface area contributed by atoms with Gasteiger partial charge in [0.15, 0.2) is 0 Å². The van der Waals surface area contributed by atoms with E-state index < -0.39 is 43.4 Å². The van der Waals surface area contributed by atoms with Crippen molar-refractivity contribution in [1.29, 1.82) is 0 Å². The van der Waals surface area contributed by atoms with Gasteiger partial charge in [0.1, 0.15) is 36.0 Å². The number of carbonyl (C=O) groups is 4. The van der Waals surface area contributed by atoms with Crippen LogP contribution in [-0.4, -0.2) is 92.1 Å². The minimum Gasteiger partial charge on any atom is -0.465 e. The molecule has 0 spiro atoms. The van der Waals surface area contributed by atoms with Crippen molar-refractivity contribution in [2.24, 2.45) is 18.9 Å². The summed E-state index contributed by atoms with van der Waals surface area (Å²) in [7, 11) is -2.56. The van der Waals surface area contributed by atoms with Crippen LogP contribution in [0, 0.1) is 11.8 Å². The normalized spacial score (nSPS) is 25.3. The van der Waals surface area contributed by atoms with Crippen LogP contribution in [0.3, 0.4) is 0 Å². The maximum atomic E-state index is 16.5. The van der Waals surface area contributed by atoms with Gasteiger partial charge in [0.2, 0.25) is 17.7 Å². The lowest BCUT2D eigenvalue weighted by molar-refractivity contribution is -0.149. The van der Waals surface area contributed by atoms with E-state index in [1.165, 1.54) is 30.4 Å². The Labute approximate surface area is 334 Å². The second kappa shape index (κ2) is 15.9. The Morgan fingerprint density at radius 2 is 1.82 bits per heavy atom. The predicted octanol–water partition coefficient (Wildman–Crippen LogP) is 5.72. The number of amides is 3. The number of para-hydroxylation sites is 1. The van der Waals surface area contributed by atoms with Gasteiger partial charge in [-0.15, -0.1) is 21.5 Å². The van der Waals surface area contributed by atoms with E-state index in [1.807, 2.05) is 18.5 Å². The van der Waals surface area contributed by atoms with Crippen molar-refractivity contribution in [3.63, 3.8) is 0 Å². The SMILES string of the molecule is CCCOC(=O)[C@H](C)NP(=O)(Oc1ccccc1)C(F)c1ccc2sc(C(=O)N[C@H]3C[C@H]4C[C@H]4C[C@H]4CC[C@@H](C(=O)N5CC(c6nncn6C)C5)N4C3=O)cc2c1. The predicted molar refractivity (Wildman–Crippen MR) is 210 cm³/mol. The Morgan fingerprint density at radius 3 is 2.56 bits per heavy atom. The van der Waals surface area contributed by atoms with Gasteiger partial charge in [-0.25, -0.2) is 9.48 Å². The molecule has 8 rings (SSSR count). The Bertz CT molecular complexity index is 2210. The molecule has 3 amide bonds. The van der Waals surface area contributed by atoms with Crippen molar-refractivity contribution in [2.75, 3.05) is 19.7 Å². The van der Waals surface area contributed by atoms with E-state index in [9.17, 15) is 23.7 Å². The molecule has 4 aliphatic rings. The number of halogens is 1. The molecule has 2 unspecified atom stereocenters. The molecule has 5 heterocycles. The molecule has 3 saturated heterocycles. The molecule has 57 heavy (non-hydrogen) atoms. The number of esters is 1. The monoisotopic (exact) mass is 819 g/mol. The topological polar surface area (TPSA) is 165 Å². The number of benzene rings is 2. The first-order valence-corrected chi connectivity index (χ1v) is 22.2. The number of carbonyl (C=O) groups excluding carboxylic acids is 4. The Kier molecular flexibility index (Phi) is 11.0. The number of likely N-dealkylation sites (tertiary alicyclic amines) is 1. The van der Waals surface area contributed by atoms with E-state index in [1.54, 1.807) is 58.6 Å². The number of fused-ring (bicyclic) bond motifs is 3. The number of hydrogen-bond acceptors (Lipinski definition) is 10. The van der Waals surface area contributed by atoms with Gasteiger partial charge < -0.3 is 28.9 Å². The van der Waals surface area contributed by atoms with Gasteiger partial charge in [-0.1, -0.05) is 31.2 Å². The molecule has 0 radical (unpaired) electrons. The first-order valence-electron chi connectivity index (χ1n) is 19.6. The smallest absolute Gasteiger partial charge is 0.355 e. The summed E-state index contributed by atoms with van der Waals surface area (Å²) in [5.41, 5.74) is 0.0315. The summed E-state index contributed by atoms with van der Waals surface area (Å²) < 4.78 is 44.3. The zero-order valence-electron chi connectivity index (χ0n) is 32.1. The first kappa shape index (κ1) is 39.2. The quantitative estimate of drug-likeness (QED) is 0.126. The van der Waals surface area contributed by atoms with Crippen LogP contribution < -0.4 is 14.9 Å². The highest BCUT2D eigenvalue weighted by Gasteiger charge is 2.53. The van der Waals surface area contributed by atoms with E-state index in [-0.39, 0.29) is 41.7 Å². The van der Waals surface area contributed by atoms with Crippen LogP contribution in [-0.2, 0) is 30.7 Å². The number of hydrogen-bond donors (Lipinski definition) is 2. The highest BCUT2D eigenvalue weighted by atomic mass is 32.1. The fourth-order valence-electron chi connectivity index (χ4n) is 8.50. The molecule has 2 N–H and O–H groups in total. The zero-order chi connectivity index (χ0) is 40.0. The Balaban J connectivity index is 0.978. The van der Waals surface area contributed by atoms with Crippen molar-refractivity contribution in [3.05, 3.63) is 77.2 Å². The van der Waals surface area contributed by atoms with E-state index in [0.29, 0.717) is 59.2 Å². The van der Waals surface area contributed by atoms with Crippen LogP contribution in [0.25, 0.3) is 10.1 Å². The summed E-state index contributed by atoms with van der Waals surface area (Å²) in [6, 6.07) is 11.9. The summed E-state index contributed by atoms with van der Waals surface area (Å²) in [4.78, 5) is 58.6. The average molecular weight is 820 g/mol. The van der Waals surface area contributed by atoms with Crippen molar-refractivity contribution in [2.45, 2.75) is 88.4 Å². The van der Waals surface area contributed by atoms with Crippen LogP contribution in [0.2, 0.25) is 0 Å². The molecule has 302 valence electrons. The van der Waals surface area contributed by atoms with Gasteiger partial charge in [-0.3, -0.25) is 23.7 Å². The summed E-state index contributed by atoms with van der Waals surface area (Å²) in [6.45, 7) is 4.50. The largest absolute Gasteiger partial charge is 0.465 e. The lowest BCUT2D eigenvalue weighted by Crippen LogP contribution is -2.60. The van der Waals surface area contributed by atoms with Crippen LogP contribution in [0.15, 0.2) is 60.9 Å². The van der Waals surface area contributed by atoms with E-state index in [2.05, 4.69) is 20.6 Å². The number of thiophene rings is 1. The summed E-state index contributed by atoms with van der Waals surface area (Å²) in [5, 5.41) is 14.3. The maximum absolute atomic E-state index is 16.5. The summed E-state index contributed by atoms with van der Waals surface area (Å²) in [6.07, 6.45) is 5.95. The third-order valence-corrected chi connectivity index (χ3v) is 14.9. The molecule has 17 heteroatoms.